The second-order valence-electron chi connectivity index (χ2n) is 1.89. The van der Waals surface area contributed by atoms with Crippen molar-refractivity contribution in [3.8, 4) is 0 Å². The maximum Gasteiger partial charge on any atom is 0.545 e. The maximum absolute atomic E-state index is 12.2. The number of nitrogens with zero attached hydrogens (tertiary/aromatic N) is 1. The van der Waals surface area contributed by atoms with Crippen molar-refractivity contribution in [1.29, 1.82) is 0 Å². The van der Waals surface area contributed by atoms with E-state index < -0.39 is 22.9 Å². The fourth-order valence-electron chi connectivity index (χ4n) is 0.358. The topological polar surface area (TPSA) is 69.4 Å². The molecule has 0 saturated carbocycles. The lowest BCUT2D eigenvalue weighted by atomic mass is 10.6. The van der Waals surface area contributed by atoms with Gasteiger partial charge in [0.25, 0.3) is 0 Å². The third-order valence-electron chi connectivity index (χ3n) is 0.893. The Morgan fingerprint density at radius 1 is 1.69 bits per heavy atom. The molecule has 0 aliphatic rings. The van der Waals surface area contributed by atoms with Gasteiger partial charge in [0.15, 0.2) is 0 Å². The van der Waals surface area contributed by atoms with Crippen molar-refractivity contribution < 1.29 is 23.2 Å². The van der Waals surface area contributed by atoms with Crippen molar-refractivity contribution in [1.82, 2.24) is 0 Å². The van der Waals surface area contributed by atoms with Crippen molar-refractivity contribution in [2.24, 2.45) is 0 Å². The maximum atomic E-state index is 12.2. The highest BCUT2D eigenvalue weighted by Crippen LogP contribution is 2.16. The Hall–Kier alpha value is -0.920. The van der Waals surface area contributed by atoms with Crippen LogP contribution in [-0.4, -0.2) is 28.6 Å². The molecule has 0 aromatic heterocycles. The second kappa shape index (κ2) is 4.95. The van der Waals surface area contributed by atoms with Gasteiger partial charge in [0.2, 0.25) is 6.61 Å². The minimum absolute atomic E-state index is 0.364. The number of ether oxygens (including phenoxy) is 1. The lowest BCUT2D eigenvalue weighted by molar-refractivity contribution is -0.646. The molecule has 5 nitrogen and oxygen atoms in total. The fraction of sp³-hybridized carbons (Fsp3) is 0.800. The molecule has 8 heteroatoms. The summed E-state index contributed by atoms with van der Waals surface area (Å²) in [7, 11) is 0. The molecule has 13 heavy (non-hydrogen) atoms. The van der Waals surface area contributed by atoms with Gasteiger partial charge in [-0.1, -0.05) is 6.92 Å². The van der Waals surface area contributed by atoms with Crippen LogP contribution < -0.4 is 0 Å². The summed E-state index contributed by atoms with van der Waals surface area (Å²) < 4.78 is 28.3. The summed E-state index contributed by atoms with van der Waals surface area (Å²) in [5, 5.41) is 8.71. The van der Waals surface area contributed by atoms with E-state index in [0.29, 0.717) is 17.5 Å². The van der Waals surface area contributed by atoms with Gasteiger partial charge < -0.3 is 4.74 Å². The predicted molar refractivity (Wildman–Crippen MR) is 41.4 cm³/mol. The van der Waals surface area contributed by atoms with E-state index in [4.69, 9.17) is 0 Å². The zero-order valence-electron chi connectivity index (χ0n) is 6.66. The summed E-state index contributed by atoms with van der Waals surface area (Å²) in [6, 6.07) is -4.20. The van der Waals surface area contributed by atoms with Gasteiger partial charge in [-0.15, -0.1) is 8.78 Å². The van der Waals surface area contributed by atoms with E-state index in [0.717, 1.165) is 0 Å². The first kappa shape index (κ1) is 12.1. The van der Waals surface area contributed by atoms with Crippen LogP contribution in [0, 0.1) is 10.1 Å². The summed E-state index contributed by atoms with van der Waals surface area (Å²) >= 11 is 0.667. The van der Waals surface area contributed by atoms with Gasteiger partial charge in [-0.2, -0.15) is 0 Å². The highest BCUT2D eigenvalue weighted by Gasteiger charge is 2.45. The normalized spacial score (nSPS) is 11.0. The molecule has 0 saturated heterocycles. The molecule has 0 heterocycles. The molecule has 0 atom stereocenters. The van der Waals surface area contributed by atoms with E-state index in [1.165, 1.54) is 0 Å². The second-order valence-corrected chi connectivity index (χ2v) is 3.09. The Kier molecular flexibility index (Phi) is 4.60. The Balaban J connectivity index is 3.88. The molecular formula is C5H7F2NO4S. The Labute approximate surface area is 76.6 Å². The molecule has 0 aromatic rings. The number of alkyl halides is 2. The zero-order chi connectivity index (χ0) is 10.5. The molecule has 0 radical (unpaired) electrons. The number of thioether (sulfide) groups is 1. The molecule has 0 unspecified atom stereocenters. The smallest absolute Gasteiger partial charge is 0.443 e. The first-order valence-corrected chi connectivity index (χ1v) is 4.20. The molecular weight excluding hydrogens is 208 g/mol. The summed E-state index contributed by atoms with van der Waals surface area (Å²) in [5.41, 5.74) is 0. The molecule has 76 valence electrons. The van der Waals surface area contributed by atoms with Gasteiger partial charge in [0, 0.05) is 5.75 Å². The van der Waals surface area contributed by atoms with Crippen LogP contribution in [0.4, 0.5) is 13.6 Å². The summed E-state index contributed by atoms with van der Waals surface area (Å²) in [6.07, 6.45) is 0. The number of carbonyl (C=O) groups is 1. The van der Waals surface area contributed by atoms with Gasteiger partial charge in [-0.25, -0.2) is 4.79 Å². The van der Waals surface area contributed by atoms with Crippen molar-refractivity contribution in [2.45, 2.75) is 13.0 Å². The Morgan fingerprint density at radius 2 is 2.23 bits per heavy atom. The molecule has 0 bridgehead atoms. The van der Waals surface area contributed by atoms with Crippen molar-refractivity contribution in [2.75, 3.05) is 12.4 Å². The SMILES string of the molecule is CCSC(=O)OCC(F)(F)[N+](=O)[O-]. The number of rotatable bonds is 4. The Morgan fingerprint density at radius 3 is 2.62 bits per heavy atom. The van der Waals surface area contributed by atoms with Crippen LogP contribution in [0.25, 0.3) is 0 Å². The van der Waals surface area contributed by atoms with Crippen LogP contribution >= 0.6 is 11.8 Å². The average Bonchev–Trinajstić information content (AvgIpc) is 2.01. The summed E-state index contributed by atoms with van der Waals surface area (Å²) in [5.74, 6) is 0.364. The van der Waals surface area contributed by atoms with Gasteiger partial charge in [-0.05, 0) is 11.8 Å². The van der Waals surface area contributed by atoms with Crippen LogP contribution in [0.2, 0.25) is 0 Å². The van der Waals surface area contributed by atoms with E-state index >= 15 is 0 Å². The number of hydrogen-bond donors (Lipinski definition) is 0. The largest absolute Gasteiger partial charge is 0.545 e. The molecule has 0 amide bonds. The van der Waals surface area contributed by atoms with Crippen LogP contribution in [0.15, 0.2) is 0 Å². The standard InChI is InChI=1S/C5H7F2NO4S/c1-2-13-4(9)12-3-5(6,7)8(10)11/h2-3H2,1H3. The molecule has 0 N–H and O–H groups in total. The van der Waals surface area contributed by atoms with E-state index in [9.17, 15) is 23.7 Å². The highest BCUT2D eigenvalue weighted by atomic mass is 32.2. The molecule has 0 aliphatic heterocycles. The lowest BCUT2D eigenvalue weighted by Gasteiger charge is -2.06. The molecule has 0 fully saturated rings. The molecule has 0 aliphatic carbocycles. The van der Waals surface area contributed by atoms with E-state index in [2.05, 4.69) is 4.74 Å². The first-order valence-electron chi connectivity index (χ1n) is 3.22. The fourth-order valence-corrected chi connectivity index (χ4v) is 0.736. The first-order chi connectivity index (χ1) is 5.90. The molecule has 0 aromatic carbocycles. The number of hydrogen-bond acceptors (Lipinski definition) is 5. The van der Waals surface area contributed by atoms with Crippen LogP contribution in [0.3, 0.4) is 0 Å². The van der Waals surface area contributed by atoms with Gasteiger partial charge >= 0.3 is 11.3 Å². The highest BCUT2D eigenvalue weighted by molar-refractivity contribution is 8.13. The summed E-state index contributed by atoms with van der Waals surface area (Å²) in [6.45, 7) is 0.101. The van der Waals surface area contributed by atoms with Crippen LogP contribution in [0.5, 0.6) is 0 Å². The number of halogens is 2. The third kappa shape index (κ3) is 4.61. The Bertz CT molecular complexity index is 211. The average molecular weight is 215 g/mol. The van der Waals surface area contributed by atoms with Gasteiger partial charge in [0.1, 0.15) is 0 Å². The molecule has 0 spiro atoms. The van der Waals surface area contributed by atoms with Crippen molar-refractivity contribution in [3.05, 3.63) is 10.1 Å². The minimum atomic E-state index is -4.20. The lowest BCUT2D eigenvalue weighted by Crippen LogP contribution is -2.33. The number of nitro groups is 1. The van der Waals surface area contributed by atoms with Crippen LogP contribution in [-0.2, 0) is 4.74 Å². The van der Waals surface area contributed by atoms with Crippen LogP contribution in [0.1, 0.15) is 6.92 Å². The zero-order valence-corrected chi connectivity index (χ0v) is 7.48. The van der Waals surface area contributed by atoms with Crippen molar-refractivity contribution >= 4 is 17.1 Å². The van der Waals surface area contributed by atoms with Gasteiger partial charge in [-0.3, -0.25) is 10.1 Å². The number of carbonyl (C=O) groups excluding carboxylic acids is 1. The van der Waals surface area contributed by atoms with Gasteiger partial charge in [0.05, 0.1) is 4.92 Å². The van der Waals surface area contributed by atoms with Crippen molar-refractivity contribution in [3.63, 3.8) is 0 Å². The van der Waals surface area contributed by atoms with E-state index in [1.54, 1.807) is 6.92 Å². The summed E-state index contributed by atoms with van der Waals surface area (Å²) in [4.78, 5) is 18.4. The van der Waals surface area contributed by atoms with E-state index in [-0.39, 0.29) is 0 Å². The van der Waals surface area contributed by atoms with E-state index in [1.807, 2.05) is 0 Å². The molecule has 0 rings (SSSR count). The quantitative estimate of drug-likeness (QED) is 0.309. The third-order valence-corrected chi connectivity index (χ3v) is 1.54. The minimum Gasteiger partial charge on any atom is -0.443 e. The monoisotopic (exact) mass is 215 g/mol. The predicted octanol–water partition coefficient (Wildman–Crippen LogP) is 1.75.